The van der Waals surface area contributed by atoms with E-state index in [1.165, 1.54) is 23.8 Å². The number of carbonyl (C=O) groups excluding carboxylic acids is 2. The molecule has 1 aliphatic rings. The van der Waals surface area contributed by atoms with Gasteiger partial charge in [-0.3, -0.25) is 9.69 Å². The maximum absolute atomic E-state index is 12.9. The van der Waals surface area contributed by atoms with Crippen molar-refractivity contribution in [3.05, 3.63) is 82.0 Å². The number of likely N-dealkylation sites (N-methyl/N-ethyl adjacent to an activating group) is 1. The number of benzene rings is 2. The number of hydrogen-bond donors (Lipinski definition) is 0. The van der Waals surface area contributed by atoms with Crippen LogP contribution in [0.25, 0.3) is 11.8 Å². The minimum absolute atomic E-state index is 0.107. The molecule has 2 aromatic carbocycles. The average Bonchev–Trinajstić information content (AvgIpc) is 3.28. The molecule has 3 aromatic rings. The summed E-state index contributed by atoms with van der Waals surface area (Å²) >= 11 is 1.33. The van der Waals surface area contributed by atoms with Crippen LogP contribution < -0.4 is 4.74 Å². The molecular weight excluding hydrogens is 450 g/mol. The van der Waals surface area contributed by atoms with Gasteiger partial charge in [0.15, 0.2) is 5.17 Å². The van der Waals surface area contributed by atoms with Gasteiger partial charge in [0.2, 0.25) is 0 Å². The SMILES string of the molecule is COC(=O)c1ccc(N=C2S/C(=C\c3cc(C)n(-c4ccc(OC)cc4)c3C)C(=O)N2C)cc1. The van der Waals surface area contributed by atoms with Crippen LogP contribution in [-0.4, -0.2) is 47.8 Å². The summed E-state index contributed by atoms with van der Waals surface area (Å²) in [6.45, 7) is 4.08. The zero-order chi connectivity index (χ0) is 24.4. The van der Waals surface area contributed by atoms with Crippen molar-refractivity contribution in [2.75, 3.05) is 21.3 Å². The van der Waals surface area contributed by atoms with Crippen molar-refractivity contribution in [1.82, 2.24) is 9.47 Å². The molecule has 0 aliphatic carbocycles. The molecule has 4 rings (SSSR count). The number of thioether (sulfide) groups is 1. The molecule has 1 fully saturated rings. The molecule has 1 aliphatic heterocycles. The third-order valence-corrected chi connectivity index (χ3v) is 6.66. The summed E-state index contributed by atoms with van der Waals surface area (Å²) < 4.78 is 12.1. The van der Waals surface area contributed by atoms with E-state index in [0.29, 0.717) is 21.3 Å². The van der Waals surface area contributed by atoms with Crippen LogP contribution in [0.4, 0.5) is 5.69 Å². The van der Waals surface area contributed by atoms with Gasteiger partial charge in [-0.25, -0.2) is 9.79 Å². The number of ether oxygens (including phenoxy) is 2. The van der Waals surface area contributed by atoms with Gasteiger partial charge in [-0.2, -0.15) is 0 Å². The number of aromatic nitrogens is 1. The Morgan fingerprint density at radius 3 is 2.32 bits per heavy atom. The van der Waals surface area contributed by atoms with Crippen LogP contribution in [0.5, 0.6) is 5.75 Å². The lowest BCUT2D eigenvalue weighted by Crippen LogP contribution is -2.23. The molecule has 0 radical (unpaired) electrons. The number of aryl methyl sites for hydroxylation is 1. The van der Waals surface area contributed by atoms with Crippen molar-refractivity contribution in [2.45, 2.75) is 13.8 Å². The van der Waals surface area contributed by atoms with E-state index in [1.54, 1.807) is 38.4 Å². The minimum Gasteiger partial charge on any atom is -0.497 e. The molecular formula is C26H25N3O4S. The molecule has 8 heteroatoms. The first-order valence-electron chi connectivity index (χ1n) is 10.6. The Bertz CT molecular complexity index is 1310. The summed E-state index contributed by atoms with van der Waals surface area (Å²) in [6, 6.07) is 16.7. The van der Waals surface area contributed by atoms with Crippen molar-refractivity contribution in [3.8, 4) is 11.4 Å². The number of carbonyl (C=O) groups is 2. The first kappa shape index (κ1) is 23.4. The fraction of sp³-hybridized carbons (Fsp3) is 0.192. The van der Waals surface area contributed by atoms with Crippen LogP contribution in [0.2, 0.25) is 0 Å². The Morgan fingerprint density at radius 2 is 1.71 bits per heavy atom. The highest BCUT2D eigenvalue weighted by Gasteiger charge is 2.30. The summed E-state index contributed by atoms with van der Waals surface area (Å²) in [5.74, 6) is 0.291. The highest BCUT2D eigenvalue weighted by atomic mass is 32.2. The van der Waals surface area contributed by atoms with Gasteiger partial charge in [0.1, 0.15) is 5.75 Å². The lowest BCUT2D eigenvalue weighted by Gasteiger charge is -2.10. The van der Waals surface area contributed by atoms with Gasteiger partial charge in [0, 0.05) is 24.1 Å². The van der Waals surface area contributed by atoms with E-state index in [1.807, 2.05) is 44.2 Å². The standard InChI is InChI=1S/C26H25N3O4S/c1-16-14-19(17(2)29(16)21-10-12-22(32-4)13-11-21)15-23-24(30)28(3)26(34-23)27-20-8-6-18(7-9-20)25(31)33-5/h6-15H,1-5H3/b23-15-,27-26?. The number of hydrogen-bond acceptors (Lipinski definition) is 6. The molecule has 174 valence electrons. The Kier molecular flexibility index (Phi) is 6.61. The molecule has 2 heterocycles. The number of rotatable bonds is 5. The predicted octanol–water partition coefficient (Wildman–Crippen LogP) is 5.12. The Morgan fingerprint density at radius 1 is 1.03 bits per heavy atom. The molecule has 1 saturated heterocycles. The van der Waals surface area contributed by atoms with Gasteiger partial charge < -0.3 is 14.0 Å². The summed E-state index contributed by atoms with van der Waals surface area (Å²) in [5, 5.41) is 0.575. The van der Waals surface area contributed by atoms with E-state index in [0.717, 1.165) is 28.4 Å². The number of nitrogens with zero attached hydrogens (tertiary/aromatic N) is 3. The smallest absolute Gasteiger partial charge is 0.337 e. The van der Waals surface area contributed by atoms with Crippen LogP contribution in [-0.2, 0) is 9.53 Å². The minimum atomic E-state index is -0.404. The summed E-state index contributed by atoms with van der Waals surface area (Å²) in [6.07, 6.45) is 1.91. The van der Waals surface area contributed by atoms with Gasteiger partial charge >= 0.3 is 5.97 Å². The number of esters is 1. The van der Waals surface area contributed by atoms with E-state index >= 15 is 0 Å². The van der Waals surface area contributed by atoms with Crippen LogP contribution in [0, 0.1) is 13.8 Å². The van der Waals surface area contributed by atoms with Crippen molar-refractivity contribution in [3.63, 3.8) is 0 Å². The topological polar surface area (TPSA) is 73.1 Å². The number of aliphatic imine (C=N–C) groups is 1. The Hall–Kier alpha value is -3.78. The lowest BCUT2D eigenvalue weighted by atomic mass is 10.2. The van der Waals surface area contributed by atoms with Gasteiger partial charge in [0.25, 0.3) is 5.91 Å². The molecule has 7 nitrogen and oxygen atoms in total. The maximum atomic E-state index is 12.9. The van der Waals surface area contributed by atoms with E-state index in [2.05, 4.69) is 15.6 Å². The van der Waals surface area contributed by atoms with E-state index in [-0.39, 0.29) is 5.91 Å². The van der Waals surface area contributed by atoms with E-state index < -0.39 is 5.97 Å². The van der Waals surface area contributed by atoms with Crippen LogP contribution in [0.15, 0.2) is 64.5 Å². The first-order chi connectivity index (χ1) is 16.3. The zero-order valence-electron chi connectivity index (χ0n) is 19.7. The second-order valence-corrected chi connectivity index (χ2v) is 8.78. The van der Waals surface area contributed by atoms with Crippen molar-refractivity contribution < 1.29 is 19.1 Å². The number of amides is 1. The van der Waals surface area contributed by atoms with Crippen molar-refractivity contribution in [2.24, 2.45) is 4.99 Å². The molecule has 0 bridgehead atoms. The first-order valence-corrected chi connectivity index (χ1v) is 11.4. The monoisotopic (exact) mass is 475 g/mol. The Balaban J connectivity index is 1.61. The van der Waals surface area contributed by atoms with Crippen LogP contribution in [0.3, 0.4) is 0 Å². The Labute approximate surface area is 202 Å². The third-order valence-electron chi connectivity index (χ3n) is 5.60. The molecule has 0 atom stereocenters. The maximum Gasteiger partial charge on any atom is 0.337 e. The highest BCUT2D eigenvalue weighted by molar-refractivity contribution is 8.18. The summed E-state index contributed by atoms with van der Waals surface area (Å²) in [4.78, 5) is 31.3. The average molecular weight is 476 g/mol. The second-order valence-electron chi connectivity index (χ2n) is 7.77. The fourth-order valence-corrected chi connectivity index (χ4v) is 4.73. The van der Waals surface area contributed by atoms with Crippen LogP contribution in [0.1, 0.15) is 27.3 Å². The second kappa shape index (κ2) is 9.61. The van der Waals surface area contributed by atoms with Gasteiger partial charge in [-0.15, -0.1) is 0 Å². The van der Waals surface area contributed by atoms with Gasteiger partial charge in [0.05, 0.1) is 30.4 Å². The molecule has 0 saturated carbocycles. The van der Waals surface area contributed by atoms with E-state index in [9.17, 15) is 9.59 Å². The fourth-order valence-electron chi connectivity index (χ4n) is 3.76. The van der Waals surface area contributed by atoms with Gasteiger partial charge in [-0.1, -0.05) is 0 Å². The number of amidine groups is 1. The van der Waals surface area contributed by atoms with Crippen molar-refractivity contribution in [1.29, 1.82) is 0 Å². The van der Waals surface area contributed by atoms with Gasteiger partial charge in [-0.05, 0) is 91.8 Å². The molecule has 0 spiro atoms. The summed E-state index contributed by atoms with van der Waals surface area (Å²) in [7, 11) is 4.70. The normalized spacial score (nSPS) is 15.9. The largest absolute Gasteiger partial charge is 0.497 e. The van der Waals surface area contributed by atoms with E-state index in [4.69, 9.17) is 9.47 Å². The third kappa shape index (κ3) is 4.49. The molecule has 1 aromatic heterocycles. The molecule has 0 N–H and O–H groups in total. The quantitative estimate of drug-likeness (QED) is 0.378. The van der Waals surface area contributed by atoms with Crippen LogP contribution >= 0.6 is 11.8 Å². The summed E-state index contributed by atoms with van der Waals surface area (Å²) in [5.41, 5.74) is 5.20. The highest BCUT2D eigenvalue weighted by Crippen LogP contribution is 2.34. The molecule has 1 amide bonds. The predicted molar refractivity (Wildman–Crippen MR) is 135 cm³/mol. The zero-order valence-corrected chi connectivity index (χ0v) is 20.5. The van der Waals surface area contributed by atoms with Crippen molar-refractivity contribution >= 4 is 40.6 Å². The molecule has 34 heavy (non-hydrogen) atoms. The number of methoxy groups -OCH3 is 2. The molecule has 0 unspecified atom stereocenters. The lowest BCUT2D eigenvalue weighted by molar-refractivity contribution is -0.121.